The zero-order valence-corrected chi connectivity index (χ0v) is 15.0. The Balaban J connectivity index is 1.84. The molecule has 0 saturated carbocycles. The quantitative estimate of drug-likeness (QED) is 0.677. The lowest BCUT2D eigenvalue weighted by Gasteiger charge is -2.13. The molecule has 26 heavy (non-hydrogen) atoms. The number of para-hydroxylation sites is 2. The molecule has 0 aliphatic rings. The van der Waals surface area contributed by atoms with Gasteiger partial charge in [0.2, 0.25) is 5.91 Å². The normalized spacial score (nSPS) is 10.3. The van der Waals surface area contributed by atoms with Crippen LogP contribution < -0.4 is 20.1 Å². The third-order valence-electron chi connectivity index (χ3n) is 3.34. The first kappa shape index (κ1) is 19.3. The van der Waals surface area contributed by atoms with Crippen molar-refractivity contribution in [2.75, 3.05) is 19.8 Å². The molecule has 0 atom stereocenters. The van der Waals surface area contributed by atoms with E-state index < -0.39 is 0 Å². The summed E-state index contributed by atoms with van der Waals surface area (Å²) in [4.78, 5) is 24.0. The Morgan fingerprint density at radius 3 is 2.31 bits per heavy atom. The first-order valence-electron chi connectivity index (χ1n) is 8.53. The van der Waals surface area contributed by atoms with Gasteiger partial charge in [0.05, 0.1) is 12.1 Å². The number of carbonyl (C=O) groups excluding carboxylic acids is 2. The van der Waals surface area contributed by atoms with Crippen LogP contribution >= 0.6 is 0 Å². The summed E-state index contributed by atoms with van der Waals surface area (Å²) in [5.41, 5.74) is 0.379. The highest BCUT2D eigenvalue weighted by atomic mass is 16.5. The second-order valence-electron chi connectivity index (χ2n) is 5.91. The third-order valence-corrected chi connectivity index (χ3v) is 3.34. The van der Waals surface area contributed by atoms with E-state index in [-0.39, 0.29) is 24.4 Å². The van der Waals surface area contributed by atoms with Crippen molar-refractivity contribution in [1.29, 1.82) is 0 Å². The summed E-state index contributed by atoms with van der Waals surface area (Å²) in [7, 11) is 0. The van der Waals surface area contributed by atoms with Gasteiger partial charge in [0.1, 0.15) is 24.7 Å². The van der Waals surface area contributed by atoms with Crippen LogP contribution in [-0.4, -0.2) is 37.6 Å². The number of hydrogen-bond acceptors (Lipinski definition) is 4. The van der Waals surface area contributed by atoms with Crippen LogP contribution in [0.25, 0.3) is 0 Å². The van der Waals surface area contributed by atoms with Gasteiger partial charge in [-0.05, 0) is 38.1 Å². The molecule has 2 aromatic carbocycles. The van der Waals surface area contributed by atoms with E-state index in [0.29, 0.717) is 24.5 Å². The predicted octanol–water partition coefficient (Wildman–Crippen LogP) is 2.40. The van der Waals surface area contributed by atoms with E-state index in [1.165, 1.54) is 0 Å². The molecule has 2 N–H and O–H groups in total. The summed E-state index contributed by atoms with van der Waals surface area (Å²) in [5, 5.41) is 5.32. The van der Waals surface area contributed by atoms with Gasteiger partial charge in [-0.1, -0.05) is 30.3 Å². The van der Waals surface area contributed by atoms with Gasteiger partial charge in [0.15, 0.2) is 0 Å². The maximum Gasteiger partial charge on any atom is 0.255 e. The van der Waals surface area contributed by atoms with Crippen molar-refractivity contribution in [3.05, 3.63) is 60.2 Å². The lowest BCUT2D eigenvalue weighted by molar-refractivity contribution is -0.120. The van der Waals surface area contributed by atoms with Crippen molar-refractivity contribution in [3.63, 3.8) is 0 Å². The zero-order chi connectivity index (χ0) is 18.8. The molecule has 0 unspecified atom stereocenters. The van der Waals surface area contributed by atoms with Gasteiger partial charge >= 0.3 is 0 Å². The van der Waals surface area contributed by atoms with Crippen LogP contribution in [0.1, 0.15) is 24.2 Å². The van der Waals surface area contributed by atoms with Crippen LogP contribution in [0.5, 0.6) is 11.5 Å². The Morgan fingerprint density at radius 1 is 0.923 bits per heavy atom. The van der Waals surface area contributed by atoms with E-state index in [4.69, 9.17) is 9.47 Å². The number of carbonyl (C=O) groups is 2. The second-order valence-corrected chi connectivity index (χ2v) is 5.91. The molecule has 0 aromatic heterocycles. The number of ether oxygens (including phenoxy) is 2. The highest BCUT2D eigenvalue weighted by Crippen LogP contribution is 2.18. The maximum atomic E-state index is 12.3. The molecule has 0 bridgehead atoms. The van der Waals surface area contributed by atoms with Crippen LogP contribution in [0.3, 0.4) is 0 Å². The average molecular weight is 356 g/mol. The van der Waals surface area contributed by atoms with Crippen LogP contribution in [-0.2, 0) is 4.79 Å². The van der Waals surface area contributed by atoms with Gasteiger partial charge in [0.25, 0.3) is 5.91 Å². The van der Waals surface area contributed by atoms with E-state index in [1.54, 1.807) is 24.3 Å². The van der Waals surface area contributed by atoms with E-state index in [9.17, 15) is 9.59 Å². The maximum absolute atomic E-state index is 12.3. The molecule has 2 aromatic rings. The van der Waals surface area contributed by atoms with E-state index in [1.807, 2.05) is 44.2 Å². The van der Waals surface area contributed by atoms with E-state index in [2.05, 4.69) is 10.6 Å². The largest absolute Gasteiger partial charge is 0.490 e. The molecule has 6 nitrogen and oxygen atoms in total. The fraction of sp³-hybridized carbons (Fsp3) is 0.300. The minimum atomic E-state index is -0.358. The molecule has 0 saturated heterocycles. The third kappa shape index (κ3) is 6.47. The molecular weight excluding hydrogens is 332 g/mol. The van der Waals surface area contributed by atoms with Crippen molar-refractivity contribution in [3.8, 4) is 11.5 Å². The molecule has 0 spiro atoms. The fourth-order valence-corrected chi connectivity index (χ4v) is 2.24. The van der Waals surface area contributed by atoms with Gasteiger partial charge < -0.3 is 20.1 Å². The number of nitrogens with one attached hydrogen (secondary N) is 2. The Labute approximate surface area is 153 Å². The molecule has 0 aliphatic heterocycles. The van der Waals surface area contributed by atoms with Crippen molar-refractivity contribution in [2.24, 2.45) is 0 Å². The molecule has 138 valence electrons. The summed E-state index contributed by atoms with van der Waals surface area (Å²) < 4.78 is 11.2. The van der Waals surface area contributed by atoms with Crippen LogP contribution in [0.15, 0.2) is 54.6 Å². The van der Waals surface area contributed by atoms with Crippen LogP contribution in [0, 0.1) is 0 Å². The summed E-state index contributed by atoms with van der Waals surface area (Å²) in [6, 6.07) is 16.4. The lowest BCUT2D eigenvalue weighted by Crippen LogP contribution is -2.39. The average Bonchev–Trinajstić information content (AvgIpc) is 2.64. The molecule has 2 amide bonds. The van der Waals surface area contributed by atoms with E-state index >= 15 is 0 Å². The summed E-state index contributed by atoms with van der Waals surface area (Å²) in [5.74, 6) is 0.621. The first-order valence-corrected chi connectivity index (χ1v) is 8.53. The summed E-state index contributed by atoms with van der Waals surface area (Å²) >= 11 is 0. The molecule has 0 radical (unpaired) electrons. The smallest absolute Gasteiger partial charge is 0.255 e. The van der Waals surface area contributed by atoms with Gasteiger partial charge in [-0.3, -0.25) is 9.59 Å². The van der Waals surface area contributed by atoms with Crippen molar-refractivity contribution in [1.82, 2.24) is 10.6 Å². The summed E-state index contributed by atoms with van der Waals surface area (Å²) in [6.07, 6.45) is 0. The summed E-state index contributed by atoms with van der Waals surface area (Å²) in [6.45, 7) is 4.30. The number of benzene rings is 2. The molecule has 6 heteroatoms. The number of rotatable bonds is 9. The topological polar surface area (TPSA) is 76.7 Å². The number of amides is 2. The molecule has 0 aliphatic carbocycles. The van der Waals surface area contributed by atoms with Crippen LogP contribution in [0.2, 0.25) is 0 Å². The zero-order valence-electron chi connectivity index (χ0n) is 15.0. The van der Waals surface area contributed by atoms with Crippen molar-refractivity contribution < 1.29 is 19.1 Å². The van der Waals surface area contributed by atoms with Crippen molar-refractivity contribution >= 4 is 11.8 Å². The van der Waals surface area contributed by atoms with Gasteiger partial charge in [-0.15, -0.1) is 0 Å². The van der Waals surface area contributed by atoms with Crippen molar-refractivity contribution in [2.45, 2.75) is 19.9 Å². The Bertz CT molecular complexity index is 717. The fourth-order valence-electron chi connectivity index (χ4n) is 2.24. The Morgan fingerprint density at radius 2 is 1.58 bits per heavy atom. The standard InChI is InChI=1S/C20H24N2O4/c1-15(2)22-19(23)14-21-20(24)17-10-6-7-11-18(17)26-13-12-25-16-8-4-3-5-9-16/h3-11,15H,12-14H2,1-2H3,(H,21,24)(H,22,23). The molecule has 2 rings (SSSR count). The predicted molar refractivity (Wildman–Crippen MR) is 99.5 cm³/mol. The van der Waals surface area contributed by atoms with E-state index in [0.717, 1.165) is 5.75 Å². The molecular formula is C20H24N2O4. The highest BCUT2D eigenvalue weighted by molar-refractivity contribution is 5.98. The SMILES string of the molecule is CC(C)NC(=O)CNC(=O)c1ccccc1OCCOc1ccccc1. The molecule has 0 heterocycles. The lowest BCUT2D eigenvalue weighted by atomic mass is 10.2. The van der Waals surface area contributed by atoms with Gasteiger partial charge in [0, 0.05) is 6.04 Å². The van der Waals surface area contributed by atoms with Crippen LogP contribution in [0.4, 0.5) is 0 Å². The number of hydrogen-bond donors (Lipinski definition) is 2. The minimum Gasteiger partial charge on any atom is -0.490 e. The van der Waals surface area contributed by atoms with Gasteiger partial charge in [-0.25, -0.2) is 0 Å². The monoisotopic (exact) mass is 356 g/mol. The van der Waals surface area contributed by atoms with Gasteiger partial charge in [-0.2, -0.15) is 0 Å². The molecule has 0 fully saturated rings. The first-order chi connectivity index (χ1) is 12.6. The Hall–Kier alpha value is -3.02. The second kappa shape index (κ2) is 10.1. The Kier molecular flexibility index (Phi) is 7.49. The minimum absolute atomic E-state index is 0.0274. The highest BCUT2D eigenvalue weighted by Gasteiger charge is 2.13.